The largest absolute Gasteiger partial charge is 0.480 e. The molecule has 1 aromatic rings. The number of amides is 1. The van der Waals surface area contributed by atoms with Crippen LogP contribution in [0.2, 0.25) is 0 Å². The molecule has 0 radical (unpaired) electrons. The van der Waals surface area contributed by atoms with Crippen molar-refractivity contribution in [3.05, 3.63) is 29.8 Å². The number of carbonyl (C=O) groups excluding carboxylic acids is 1. The van der Waals surface area contributed by atoms with Crippen molar-refractivity contribution >= 4 is 41.0 Å². The van der Waals surface area contributed by atoms with E-state index in [1.165, 1.54) is 4.90 Å². The maximum Gasteiger partial charge on any atom is 0.414 e. The van der Waals surface area contributed by atoms with Gasteiger partial charge in [0.2, 0.25) is 0 Å². The minimum Gasteiger partial charge on any atom is -0.480 e. The summed E-state index contributed by atoms with van der Waals surface area (Å²) >= 11 is 12.1. The van der Waals surface area contributed by atoms with Crippen LogP contribution in [0.1, 0.15) is 39.7 Å². The van der Waals surface area contributed by atoms with Crippen LogP contribution in [0.4, 0.5) is 10.5 Å². The van der Waals surface area contributed by atoms with Crippen molar-refractivity contribution in [3.8, 4) is 0 Å². The quantitative estimate of drug-likeness (QED) is 0.796. The molecule has 132 valence electrons. The van der Waals surface area contributed by atoms with Crippen molar-refractivity contribution in [2.75, 3.05) is 11.4 Å². The fraction of sp³-hybridized carbons (Fsp3) is 0.529. The molecule has 0 spiro atoms. The Kier molecular flexibility index (Phi) is 4.81. The number of anilines is 1. The van der Waals surface area contributed by atoms with Crippen molar-refractivity contribution in [1.82, 2.24) is 0 Å². The Hall–Kier alpha value is -1.46. The third-order valence-electron chi connectivity index (χ3n) is 3.95. The Labute approximate surface area is 151 Å². The minimum atomic E-state index is -1.31. The Morgan fingerprint density at radius 1 is 1.25 bits per heavy atom. The molecule has 1 atom stereocenters. The molecule has 1 aliphatic carbocycles. The van der Waals surface area contributed by atoms with E-state index >= 15 is 0 Å². The number of hydrogen-bond donors (Lipinski definition) is 1. The number of rotatable bonds is 4. The summed E-state index contributed by atoms with van der Waals surface area (Å²) in [7, 11) is 0. The lowest BCUT2D eigenvalue weighted by atomic mass is 9.96. The molecule has 7 heteroatoms. The summed E-state index contributed by atoms with van der Waals surface area (Å²) in [6, 6.07) is 6.64. The molecule has 1 unspecified atom stereocenters. The molecule has 5 nitrogen and oxygen atoms in total. The summed E-state index contributed by atoms with van der Waals surface area (Å²) in [6.07, 6.45) is -0.303. The normalized spacial score (nSPS) is 21.9. The zero-order chi connectivity index (χ0) is 18.3. The summed E-state index contributed by atoms with van der Waals surface area (Å²) in [5, 5.41) is 9.48. The Morgan fingerprint density at radius 2 is 1.75 bits per heavy atom. The first-order valence-electron chi connectivity index (χ1n) is 7.67. The third kappa shape index (κ3) is 3.33. The van der Waals surface area contributed by atoms with Crippen LogP contribution in [-0.4, -0.2) is 33.6 Å². The number of carbonyl (C=O) groups is 2. The number of carboxylic acids is 1. The number of nitrogens with zero attached hydrogens (tertiary/aromatic N) is 1. The topological polar surface area (TPSA) is 66.8 Å². The van der Waals surface area contributed by atoms with Crippen LogP contribution < -0.4 is 4.90 Å². The highest BCUT2D eigenvalue weighted by atomic mass is 35.5. The van der Waals surface area contributed by atoms with Crippen molar-refractivity contribution < 1.29 is 19.4 Å². The van der Waals surface area contributed by atoms with Gasteiger partial charge in [0, 0.05) is 18.7 Å². The zero-order valence-corrected chi connectivity index (χ0v) is 15.6. The Morgan fingerprint density at radius 3 is 2.08 bits per heavy atom. The van der Waals surface area contributed by atoms with Crippen LogP contribution in [0.5, 0.6) is 0 Å². The summed E-state index contributed by atoms with van der Waals surface area (Å²) in [4.78, 5) is 25.3. The first-order valence-corrected chi connectivity index (χ1v) is 8.42. The van der Waals surface area contributed by atoms with Crippen LogP contribution in [0.3, 0.4) is 0 Å². The standard InChI is InChI=1S/C17H21Cl2NO4/c1-5-20(14(23)24-15(2,3)4)12-8-6-11(7-9-12)16(13(21)22)10-17(16,18)19/h6-9H,5,10H2,1-4H3,(H,21,22). The molecule has 0 bridgehead atoms. The zero-order valence-electron chi connectivity index (χ0n) is 14.1. The fourth-order valence-electron chi connectivity index (χ4n) is 2.62. The summed E-state index contributed by atoms with van der Waals surface area (Å²) in [5.74, 6) is -1.06. The molecule has 0 saturated heterocycles. The predicted molar refractivity (Wildman–Crippen MR) is 94.1 cm³/mol. The number of ether oxygens (including phenoxy) is 1. The third-order valence-corrected chi connectivity index (χ3v) is 4.87. The number of benzene rings is 1. The summed E-state index contributed by atoms with van der Waals surface area (Å²) < 4.78 is 4.07. The van der Waals surface area contributed by atoms with Gasteiger partial charge in [-0.2, -0.15) is 0 Å². The van der Waals surface area contributed by atoms with Gasteiger partial charge in [-0.15, -0.1) is 0 Å². The van der Waals surface area contributed by atoms with Crippen LogP contribution >= 0.6 is 23.2 Å². The van der Waals surface area contributed by atoms with Crippen molar-refractivity contribution in [2.24, 2.45) is 0 Å². The monoisotopic (exact) mass is 373 g/mol. The fourth-order valence-corrected chi connectivity index (χ4v) is 3.40. The van der Waals surface area contributed by atoms with E-state index < -0.39 is 27.4 Å². The van der Waals surface area contributed by atoms with E-state index in [9.17, 15) is 14.7 Å². The number of alkyl halides is 2. The van der Waals surface area contributed by atoms with Gasteiger partial charge in [-0.1, -0.05) is 35.3 Å². The molecule has 1 saturated carbocycles. The first kappa shape index (κ1) is 18.9. The van der Waals surface area contributed by atoms with E-state index in [1.54, 1.807) is 45.0 Å². The van der Waals surface area contributed by atoms with Gasteiger partial charge in [0.25, 0.3) is 0 Å². The average Bonchev–Trinajstić information content (AvgIpc) is 3.03. The SMILES string of the molecule is CCN(C(=O)OC(C)(C)C)c1ccc(C2(C(=O)O)CC2(Cl)Cl)cc1. The highest BCUT2D eigenvalue weighted by molar-refractivity contribution is 6.54. The highest BCUT2D eigenvalue weighted by Crippen LogP contribution is 2.65. The van der Waals surface area contributed by atoms with Gasteiger partial charge < -0.3 is 9.84 Å². The second-order valence-corrected chi connectivity index (χ2v) is 8.35. The second-order valence-electron chi connectivity index (χ2n) is 6.86. The molecule has 1 fully saturated rings. The van der Waals surface area contributed by atoms with E-state index in [4.69, 9.17) is 27.9 Å². The molecule has 1 aliphatic rings. The minimum absolute atomic E-state index is 0.154. The summed E-state index contributed by atoms with van der Waals surface area (Å²) in [6.45, 7) is 7.65. The van der Waals surface area contributed by atoms with E-state index in [0.717, 1.165) is 0 Å². The van der Waals surface area contributed by atoms with Crippen LogP contribution in [-0.2, 0) is 14.9 Å². The van der Waals surface area contributed by atoms with Crippen LogP contribution in [0, 0.1) is 0 Å². The molecular formula is C17H21Cl2NO4. The first-order chi connectivity index (χ1) is 10.9. The van der Waals surface area contributed by atoms with Gasteiger partial charge >= 0.3 is 12.1 Å². The smallest absolute Gasteiger partial charge is 0.414 e. The van der Waals surface area contributed by atoms with E-state index in [-0.39, 0.29) is 6.42 Å². The Balaban J connectivity index is 2.26. The molecule has 1 N–H and O–H groups in total. The van der Waals surface area contributed by atoms with Gasteiger partial charge in [0.1, 0.15) is 15.3 Å². The average molecular weight is 374 g/mol. The second kappa shape index (κ2) is 6.12. The lowest BCUT2D eigenvalue weighted by molar-refractivity contribution is -0.140. The number of halogens is 2. The molecule has 1 aromatic carbocycles. The maximum absolute atomic E-state index is 12.3. The van der Waals surface area contributed by atoms with Gasteiger partial charge in [0.15, 0.2) is 0 Å². The van der Waals surface area contributed by atoms with E-state index in [0.29, 0.717) is 17.8 Å². The number of carboxylic acid groups (broad SMARTS) is 1. The molecule has 2 rings (SSSR count). The predicted octanol–water partition coefficient (Wildman–Crippen LogP) is 4.35. The van der Waals surface area contributed by atoms with Gasteiger partial charge in [-0.05, 0) is 45.4 Å². The molecule has 0 heterocycles. The summed E-state index contributed by atoms with van der Waals surface area (Å²) in [5.41, 5.74) is -0.754. The maximum atomic E-state index is 12.3. The van der Waals surface area contributed by atoms with E-state index in [2.05, 4.69) is 0 Å². The lowest BCUT2D eigenvalue weighted by Crippen LogP contribution is -2.36. The Bertz CT molecular complexity index is 652. The van der Waals surface area contributed by atoms with Crippen molar-refractivity contribution in [1.29, 1.82) is 0 Å². The van der Waals surface area contributed by atoms with Crippen molar-refractivity contribution in [2.45, 2.75) is 49.5 Å². The lowest BCUT2D eigenvalue weighted by Gasteiger charge is -2.27. The highest BCUT2D eigenvalue weighted by Gasteiger charge is 2.72. The van der Waals surface area contributed by atoms with Gasteiger partial charge in [-0.3, -0.25) is 9.69 Å². The molecular weight excluding hydrogens is 353 g/mol. The van der Waals surface area contributed by atoms with Gasteiger partial charge in [0.05, 0.1) is 0 Å². The number of aliphatic carboxylic acids is 1. The number of hydrogen-bond acceptors (Lipinski definition) is 3. The van der Waals surface area contributed by atoms with Crippen molar-refractivity contribution in [3.63, 3.8) is 0 Å². The molecule has 0 aromatic heterocycles. The van der Waals surface area contributed by atoms with Gasteiger partial charge in [-0.25, -0.2) is 4.79 Å². The van der Waals surface area contributed by atoms with Crippen LogP contribution in [0.25, 0.3) is 0 Å². The van der Waals surface area contributed by atoms with Crippen LogP contribution in [0.15, 0.2) is 24.3 Å². The van der Waals surface area contributed by atoms with E-state index in [1.807, 2.05) is 6.92 Å². The molecule has 1 amide bonds. The molecule has 24 heavy (non-hydrogen) atoms. The molecule has 0 aliphatic heterocycles.